The summed E-state index contributed by atoms with van der Waals surface area (Å²) in [5, 5.41) is 0. The Hall–Kier alpha value is -1.42. The number of hydrogen-bond donors (Lipinski definition) is 1. The second-order valence-electron chi connectivity index (χ2n) is 5.18. The van der Waals surface area contributed by atoms with Crippen LogP contribution in [0.4, 0.5) is 4.39 Å². The van der Waals surface area contributed by atoms with E-state index < -0.39 is 16.0 Å². The van der Waals surface area contributed by atoms with Crippen molar-refractivity contribution in [3.8, 4) is 0 Å². The first-order valence-electron chi connectivity index (χ1n) is 7.54. The molecule has 0 aromatic heterocycles. The maximum Gasteiger partial charge on any atom is 0.339 e. The number of methoxy groups -OCH3 is 1. The Labute approximate surface area is 164 Å². The third-order valence-corrected chi connectivity index (χ3v) is 6.57. The minimum Gasteiger partial charge on any atom is -0.465 e. The van der Waals surface area contributed by atoms with E-state index in [9.17, 15) is 17.6 Å². The summed E-state index contributed by atoms with van der Waals surface area (Å²) in [4.78, 5) is 11.6. The molecule has 9 heteroatoms. The van der Waals surface area contributed by atoms with Crippen molar-refractivity contribution in [1.29, 1.82) is 0 Å². The smallest absolute Gasteiger partial charge is 0.339 e. The molecule has 0 aliphatic carbocycles. The lowest BCUT2D eigenvalue weighted by Gasteiger charge is -2.09. The van der Waals surface area contributed by atoms with Gasteiger partial charge in [0, 0.05) is 22.5 Å². The number of nitrogens with one attached hydrogen (secondary N) is 1. The number of carbonyl (C=O) groups is 1. The van der Waals surface area contributed by atoms with Crippen molar-refractivity contribution in [2.75, 3.05) is 19.4 Å². The van der Waals surface area contributed by atoms with E-state index >= 15 is 0 Å². The Morgan fingerprint density at radius 3 is 2.69 bits per heavy atom. The highest BCUT2D eigenvalue weighted by Gasteiger charge is 2.18. The van der Waals surface area contributed by atoms with E-state index in [0.29, 0.717) is 21.5 Å². The summed E-state index contributed by atoms with van der Waals surface area (Å²) in [6, 6.07) is 10.6. The van der Waals surface area contributed by atoms with Gasteiger partial charge in [0.05, 0.1) is 17.6 Å². The second-order valence-corrected chi connectivity index (χ2v) is 8.90. The van der Waals surface area contributed by atoms with E-state index in [1.54, 1.807) is 18.2 Å². The Balaban J connectivity index is 1.93. The van der Waals surface area contributed by atoms with Crippen LogP contribution in [0.1, 0.15) is 15.9 Å². The Kier molecular flexibility index (Phi) is 7.63. The van der Waals surface area contributed by atoms with Gasteiger partial charge in [0.25, 0.3) is 0 Å². The van der Waals surface area contributed by atoms with Crippen molar-refractivity contribution in [3.05, 3.63) is 63.9 Å². The van der Waals surface area contributed by atoms with E-state index in [0.717, 1.165) is 0 Å². The summed E-state index contributed by atoms with van der Waals surface area (Å²) in [5.41, 5.74) is 0.709. The van der Waals surface area contributed by atoms with Crippen molar-refractivity contribution in [3.63, 3.8) is 0 Å². The average molecular weight is 462 g/mol. The summed E-state index contributed by atoms with van der Waals surface area (Å²) in [6.07, 6.45) is 0. The van der Waals surface area contributed by atoms with Gasteiger partial charge in [-0.25, -0.2) is 22.3 Å². The number of thioether (sulfide) groups is 1. The van der Waals surface area contributed by atoms with E-state index in [4.69, 9.17) is 0 Å². The SMILES string of the molecule is COC(=O)c1cc(S(=O)(=O)NCCSCc2ccccc2F)ccc1Br. The van der Waals surface area contributed by atoms with E-state index in [1.807, 2.05) is 0 Å². The summed E-state index contributed by atoms with van der Waals surface area (Å²) >= 11 is 4.61. The van der Waals surface area contributed by atoms with Crippen LogP contribution in [0.2, 0.25) is 0 Å². The highest BCUT2D eigenvalue weighted by atomic mass is 79.9. The fourth-order valence-corrected chi connectivity index (χ4v) is 4.51. The van der Waals surface area contributed by atoms with Crippen LogP contribution in [0.25, 0.3) is 0 Å². The van der Waals surface area contributed by atoms with Gasteiger partial charge >= 0.3 is 5.97 Å². The van der Waals surface area contributed by atoms with Crippen LogP contribution in [0.5, 0.6) is 0 Å². The fraction of sp³-hybridized carbons (Fsp3) is 0.235. The Morgan fingerprint density at radius 2 is 2.00 bits per heavy atom. The molecule has 0 unspecified atom stereocenters. The zero-order chi connectivity index (χ0) is 19.2. The molecule has 2 rings (SSSR count). The molecule has 0 bridgehead atoms. The zero-order valence-electron chi connectivity index (χ0n) is 13.9. The molecular weight excluding hydrogens is 445 g/mol. The van der Waals surface area contributed by atoms with Crippen molar-refractivity contribution in [2.45, 2.75) is 10.6 Å². The molecule has 1 N–H and O–H groups in total. The standard InChI is InChI=1S/C17H17BrFNO4S2/c1-24-17(21)14-10-13(6-7-15(14)18)26(22,23)20-8-9-25-11-12-4-2-3-5-16(12)19/h2-7,10,20H,8-9,11H2,1H3. The van der Waals surface area contributed by atoms with Gasteiger partial charge in [-0.3, -0.25) is 0 Å². The molecule has 0 aliphatic rings. The van der Waals surface area contributed by atoms with Crippen LogP contribution in [0.3, 0.4) is 0 Å². The molecule has 0 saturated heterocycles. The van der Waals surface area contributed by atoms with Gasteiger partial charge in [0.1, 0.15) is 5.82 Å². The van der Waals surface area contributed by atoms with Crippen LogP contribution in [-0.4, -0.2) is 33.8 Å². The van der Waals surface area contributed by atoms with Crippen molar-refractivity contribution in [1.82, 2.24) is 4.72 Å². The molecule has 0 radical (unpaired) electrons. The first kappa shape index (κ1) is 20.9. The molecule has 0 amide bonds. The van der Waals surface area contributed by atoms with Crippen LogP contribution >= 0.6 is 27.7 Å². The minimum absolute atomic E-state index is 0.0276. The third-order valence-electron chi connectivity index (χ3n) is 3.41. The first-order chi connectivity index (χ1) is 12.3. The van der Waals surface area contributed by atoms with Crippen LogP contribution < -0.4 is 4.72 Å². The molecule has 0 heterocycles. The van der Waals surface area contributed by atoms with Gasteiger partial charge in [-0.15, -0.1) is 0 Å². The number of sulfonamides is 1. The summed E-state index contributed by atoms with van der Waals surface area (Å²) < 4.78 is 45.7. The van der Waals surface area contributed by atoms with E-state index in [-0.39, 0.29) is 22.8 Å². The highest BCUT2D eigenvalue weighted by molar-refractivity contribution is 9.10. The largest absolute Gasteiger partial charge is 0.465 e. The van der Waals surface area contributed by atoms with Gasteiger partial charge in [0.2, 0.25) is 10.0 Å². The normalized spacial score (nSPS) is 11.3. The zero-order valence-corrected chi connectivity index (χ0v) is 17.1. The molecule has 0 fully saturated rings. The third kappa shape index (κ3) is 5.54. The number of benzene rings is 2. The predicted molar refractivity (Wildman–Crippen MR) is 103 cm³/mol. The highest BCUT2D eigenvalue weighted by Crippen LogP contribution is 2.22. The number of rotatable bonds is 8. The molecule has 2 aromatic carbocycles. The number of esters is 1. The Morgan fingerprint density at radius 1 is 1.27 bits per heavy atom. The quantitative estimate of drug-likeness (QED) is 0.480. The summed E-state index contributed by atoms with van der Waals surface area (Å²) in [6.45, 7) is 0.186. The van der Waals surface area contributed by atoms with Gasteiger partial charge in [0.15, 0.2) is 0 Å². The van der Waals surface area contributed by atoms with Crippen molar-refractivity contribution in [2.24, 2.45) is 0 Å². The van der Waals surface area contributed by atoms with Gasteiger partial charge in [-0.05, 0) is 45.8 Å². The average Bonchev–Trinajstić information content (AvgIpc) is 2.62. The molecule has 26 heavy (non-hydrogen) atoms. The second kappa shape index (κ2) is 9.50. The molecule has 2 aromatic rings. The number of hydrogen-bond acceptors (Lipinski definition) is 5. The summed E-state index contributed by atoms with van der Waals surface area (Å²) in [7, 11) is -2.54. The van der Waals surface area contributed by atoms with Gasteiger partial charge in [-0.2, -0.15) is 11.8 Å². The maximum absolute atomic E-state index is 13.5. The predicted octanol–water partition coefficient (Wildman–Crippen LogP) is 3.59. The topological polar surface area (TPSA) is 72.5 Å². The van der Waals surface area contributed by atoms with Gasteiger partial charge in [-0.1, -0.05) is 18.2 Å². The molecular formula is C17H17BrFNO4S2. The first-order valence-corrected chi connectivity index (χ1v) is 11.0. The number of carbonyl (C=O) groups excluding carboxylic acids is 1. The number of ether oxygens (including phenoxy) is 1. The molecule has 0 aliphatic heterocycles. The maximum atomic E-state index is 13.5. The molecule has 0 atom stereocenters. The lowest BCUT2D eigenvalue weighted by molar-refractivity contribution is 0.0599. The van der Waals surface area contributed by atoms with Crippen molar-refractivity contribution < 1.29 is 22.3 Å². The minimum atomic E-state index is -3.76. The van der Waals surface area contributed by atoms with Crippen LogP contribution in [0.15, 0.2) is 51.8 Å². The van der Waals surface area contributed by atoms with Crippen LogP contribution in [0, 0.1) is 5.82 Å². The number of halogens is 2. The molecule has 0 spiro atoms. The lowest BCUT2D eigenvalue weighted by atomic mass is 10.2. The van der Waals surface area contributed by atoms with E-state index in [1.165, 1.54) is 43.1 Å². The Bertz CT molecular complexity index is 890. The van der Waals surface area contributed by atoms with Gasteiger partial charge < -0.3 is 4.74 Å². The van der Waals surface area contributed by atoms with Crippen molar-refractivity contribution >= 4 is 43.7 Å². The molecule has 5 nitrogen and oxygen atoms in total. The van der Waals surface area contributed by atoms with E-state index in [2.05, 4.69) is 25.4 Å². The molecule has 0 saturated carbocycles. The summed E-state index contributed by atoms with van der Waals surface area (Å²) in [5.74, 6) is 0.0350. The fourth-order valence-electron chi connectivity index (χ4n) is 2.07. The molecule has 140 valence electrons. The monoisotopic (exact) mass is 461 g/mol. The van der Waals surface area contributed by atoms with Crippen LogP contribution in [-0.2, 0) is 20.5 Å². The lowest BCUT2D eigenvalue weighted by Crippen LogP contribution is -2.26.